The Morgan fingerprint density at radius 1 is 1.26 bits per heavy atom. The molecule has 0 aliphatic rings. The molecule has 1 aromatic rings. The van der Waals surface area contributed by atoms with Crippen LogP contribution in [0.25, 0.3) is 0 Å². The average Bonchev–Trinajstić information content (AvgIpc) is 2.30. The van der Waals surface area contributed by atoms with Crippen molar-refractivity contribution in [2.24, 2.45) is 0 Å². The molecule has 0 bridgehead atoms. The number of benzene rings is 1. The second-order valence-electron chi connectivity index (χ2n) is 4.91. The maximum absolute atomic E-state index is 11.4. The van der Waals surface area contributed by atoms with Crippen LogP contribution in [-0.2, 0) is 9.63 Å². The van der Waals surface area contributed by atoms with E-state index in [1.54, 1.807) is 18.2 Å². The Morgan fingerprint density at radius 2 is 1.95 bits per heavy atom. The molecule has 6 heteroatoms. The molecule has 0 radical (unpaired) electrons. The highest BCUT2D eigenvalue weighted by atomic mass is 35.5. The fourth-order valence-corrected chi connectivity index (χ4v) is 1.38. The van der Waals surface area contributed by atoms with E-state index >= 15 is 0 Å². The van der Waals surface area contributed by atoms with E-state index in [0.29, 0.717) is 15.8 Å². The molecule has 0 atom stereocenters. The van der Waals surface area contributed by atoms with Gasteiger partial charge in [-0.1, -0.05) is 23.2 Å². The smallest absolute Gasteiger partial charge is 0.246 e. The van der Waals surface area contributed by atoms with Crippen LogP contribution in [0.15, 0.2) is 18.2 Å². The van der Waals surface area contributed by atoms with Crippen LogP contribution in [0.2, 0.25) is 10.0 Å². The zero-order valence-corrected chi connectivity index (χ0v) is 12.6. The zero-order chi connectivity index (χ0) is 14.5. The van der Waals surface area contributed by atoms with Gasteiger partial charge in [-0.3, -0.25) is 9.63 Å². The average molecular weight is 306 g/mol. The molecule has 1 aromatic carbocycles. The SMILES string of the molecule is CC(C)(C)ONC(=O)CCOc1ccc(Cl)c(Cl)c1. The first-order chi connectivity index (χ1) is 8.78. The lowest BCUT2D eigenvalue weighted by atomic mass is 10.2. The maximum atomic E-state index is 11.4. The van der Waals surface area contributed by atoms with E-state index in [4.69, 9.17) is 32.8 Å². The molecule has 19 heavy (non-hydrogen) atoms. The van der Waals surface area contributed by atoms with Gasteiger partial charge in [0.25, 0.3) is 0 Å². The highest BCUT2D eigenvalue weighted by molar-refractivity contribution is 6.42. The quantitative estimate of drug-likeness (QED) is 0.845. The van der Waals surface area contributed by atoms with Gasteiger partial charge in [0.2, 0.25) is 5.91 Å². The molecule has 0 unspecified atom stereocenters. The van der Waals surface area contributed by atoms with E-state index in [2.05, 4.69) is 5.48 Å². The molecule has 0 saturated heterocycles. The minimum Gasteiger partial charge on any atom is -0.493 e. The molecular formula is C13H17Cl2NO3. The van der Waals surface area contributed by atoms with E-state index in [1.165, 1.54) is 0 Å². The van der Waals surface area contributed by atoms with Crippen molar-refractivity contribution in [3.05, 3.63) is 28.2 Å². The van der Waals surface area contributed by atoms with Gasteiger partial charge in [-0.2, -0.15) is 0 Å². The molecule has 0 fully saturated rings. The molecular weight excluding hydrogens is 289 g/mol. The summed E-state index contributed by atoms with van der Waals surface area (Å²) in [6.07, 6.45) is 0.191. The predicted molar refractivity (Wildman–Crippen MR) is 75.6 cm³/mol. The first kappa shape index (κ1) is 16.1. The predicted octanol–water partition coefficient (Wildman–Crippen LogP) is 3.61. The van der Waals surface area contributed by atoms with Gasteiger partial charge in [-0.15, -0.1) is 0 Å². The summed E-state index contributed by atoms with van der Waals surface area (Å²) in [4.78, 5) is 16.6. The summed E-state index contributed by atoms with van der Waals surface area (Å²) in [6, 6.07) is 4.94. The molecule has 0 heterocycles. The largest absolute Gasteiger partial charge is 0.493 e. The van der Waals surface area contributed by atoms with Crippen molar-refractivity contribution in [1.82, 2.24) is 5.48 Å². The number of carbonyl (C=O) groups excluding carboxylic acids is 1. The van der Waals surface area contributed by atoms with E-state index < -0.39 is 5.60 Å². The number of amides is 1. The molecule has 1 amide bonds. The first-order valence-corrected chi connectivity index (χ1v) is 6.58. The highest BCUT2D eigenvalue weighted by Crippen LogP contribution is 2.26. The normalized spacial score (nSPS) is 11.2. The lowest BCUT2D eigenvalue weighted by Gasteiger charge is -2.18. The van der Waals surface area contributed by atoms with Crippen molar-refractivity contribution in [3.63, 3.8) is 0 Å². The van der Waals surface area contributed by atoms with Gasteiger partial charge in [-0.05, 0) is 32.9 Å². The van der Waals surface area contributed by atoms with Crippen LogP contribution in [0.1, 0.15) is 27.2 Å². The van der Waals surface area contributed by atoms with Gasteiger partial charge in [0.05, 0.1) is 28.7 Å². The van der Waals surface area contributed by atoms with Crippen LogP contribution in [0.5, 0.6) is 5.75 Å². The van der Waals surface area contributed by atoms with Crippen LogP contribution < -0.4 is 10.2 Å². The first-order valence-electron chi connectivity index (χ1n) is 5.82. The van der Waals surface area contributed by atoms with Crippen LogP contribution in [0.3, 0.4) is 0 Å². The van der Waals surface area contributed by atoms with Crippen molar-refractivity contribution in [3.8, 4) is 5.75 Å². The summed E-state index contributed by atoms with van der Waals surface area (Å²) < 4.78 is 5.38. The lowest BCUT2D eigenvalue weighted by Crippen LogP contribution is -2.34. The van der Waals surface area contributed by atoms with Crippen molar-refractivity contribution >= 4 is 29.1 Å². The Balaban J connectivity index is 2.30. The zero-order valence-electron chi connectivity index (χ0n) is 11.1. The molecule has 0 aliphatic heterocycles. The second-order valence-corrected chi connectivity index (χ2v) is 5.73. The Kier molecular flexibility index (Phi) is 5.91. The number of hydrogen-bond acceptors (Lipinski definition) is 3. The molecule has 0 aliphatic carbocycles. The van der Waals surface area contributed by atoms with Gasteiger partial charge >= 0.3 is 0 Å². The fraction of sp³-hybridized carbons (Fsp3) is 0.462. The fourth-order valence-electron chi connectivity index (χ4n) is 1.09. The van der Waals surface area contributed by atoms with Crippen LogP contribution in [-0.4, -0.2) is 18.1 Å². The summed E-state index contributed by atoms with van der Waals surface area (Å²) in [5, 5.41) is 0.880. The van der Waals surface area contributed by atoms with Gasteiger partial charge in [0, 0.05) is 6.07 Å². The summed E-state index contributed by atoms with van der Waals surface area (Å²) in [5.74, 6) is 0.328. The molecule has 0 saturated carbocycles. The minimum absolute atomic E-state index is 0.191. The Hall–Kier alpha value is -0.970. The van der Waals surface area contributed by atoms with Gasteiger partial charge in [-0.25, -0.2) is 5.48 Å². The van der Waals surface area contributed by atoms with Crippen LogP contribution in [0.4, 0.5) is 0 Å². The standard InChI is InChI=1S/C13H17Cl2NO3/c1-13(2,3)19-16-12(17)6-7-18-9-4-5-10(14)11(15)8-9/h4-5,8H,6-7H2,1-3H3,(H,16,17). The summed E-state index contributed by atoms with van der Waals surface area (Å²) >= 11 is 11.6. The van der Waals surface area contributed by atoms with Gasteiger partial charge in [0.15, 0.2) is 0 Å². The third-order valence-corrected chi connectivity index (χ3v) is 2.70. The van der Waals surface area contributed by atoms with Crippen LogP contribution >= 0.6 is 23.2 Å². The maximum Gasteiger partial charge on any atom is 0.246 e. The molecule has 1 rings (SSSR count). The topological polar surface area (TPSA) is 47.6 Å². The molecule has 0 spiro atoms. The Labute approximate surface area is 122 Å². The number of ether oxygens (including phenoxy) is 1. The number of rotatable bonds is 5. The molecule has 0 aromatic heterocycles. The number of hydroxylamine groups is 1. The third kappa shape index (κ3) is 6.66. The highest BCUT2D eigenvalue weighted by Gasteiger charge is 2.12. The Bertz CT molecular complexity index is 444. The van der Waals surface area contributed by atoms with E-state index in [9.17, 15) is 4.79 Å². The van der Waals surface area contributed by atoms with E-state index in [1.807, 2.05) is 20.8 Å². The number of hydrogen-bond donors (Lipinski definition) is 1. The lowest BCUT2D eigenvalue weighted by molar-refractivity contribution is -0.146. The Morgan fingerprint density at radius 3 is 2.53 bits per heavy atom. The summed E-state index contributed by atoms with van der Waals surface area (Å²) in [6.45, 7) is 5.77. The summed E-state index contributed by atoms with van der Waals surface area (Å²) in [7, 11) is 0. The third-order valence-electron chi connectivity index (χ3n) is 1.96. The van der Waals surface area contributed by atoms with Crippen molar-refractivity contribution in [1.29, 1.82) is 0 Å². The van der Waals surface area contributed by atoms with Crippen LogP contribution in [0, 0.1) is 0 Å². The van der Waals surface area contributed by atoms with Gasteiger partial charge in [0.1, 0.15) is 5.75 Å². The number of nitrogens with one attached hydrogen (secondary N) is 1. The minimum atomic E-state index is -0.416. The monoisotopic (exact) mass is 305 g/mol. The van der Waals surface area contributed by atoms with E-state index in [0.717, 1.165) is 0 Å². The molecule has 106 valence electrons. The van der Waals surface area contributed by atoms with Crippen molar-refractivity contribution in [2.45, 2.75) is 32.8 Å². The second kappa shape index (κ2) is 6.98. The molecule has 1 N–H and O–H groups in total. The number of carbonyl (C=O) groups is 1. The summed E-state index contributed by atoms with van der Waals surface area (Å²) in [5.41, 5.74) is 1.95. The van der Waals surface area contributed by atoms with E-state index in [-0.39, 0.29) is 18.9 Å². The number of halogens is 2. The van der Waals surface area contributed by atoms with Gasteiger partial charge < -0.3 is 4.74 Å². The van der Waals surface area contributed by atoms with Crippen molar-refractivity contribution in [2.75, 3.05) is 6.61 Å². The molecule has 4 nitrogen and oxygen atoms in total. The van der Waals surface area contributed by atoms with Crippen molar-refractivity contribution < 1.29 is 14.4 Å².